The fourth-order valence-electron chi connectivity index (χ4n) is 3.79. The third kappa shape index (κ3) is 3.52. The lowest BCUT2D eigenvalue weighted by molar-refractivity contribution is -0.121. The second-order valence-corrected chi connectivity index (χ2v) is 7.66. The molecule has 1 unspecified atom stereocenters. The number of hydrogen-bond acceptors (Lipinski definition) is 5. The number of benzene rings is 2. The van der Waals surface area contributed by atoms with Gasteiger partial charge in [0.1, 0.15) is 18.4 Å². The average Bonchev–Trinajstić information content (AvgIpc) is 3.37. The molecule has 1 aromatic heterocycles. The second-order valence-electron chi connectivity index (χ2n) is 7.28. The molecule has 0 spiro atoms. The maximum absolute atomic E-state index is 12.6. The quantitative estimate of drug-likeness (QED) is 0.663. The molecule has 2 aliphatic rings. The second kappa shape index (κ2) is 7.84. The molecule has 5 rings (SSSR count). The van der Waals surface area contributed by atoms with Crippen LogP contribution in [0.3, 0.4) is 0 Å². The molecule has 7 nitrogen and oxygen atoms in total. The Bertz CT molecular complexity index is 1100. The first-order chi connectivity index (χ1) is 14.7. The molecule has 0 saturated carbocycles. The lowest BCUT2D eigenvalue weighted by Crippen LogP contribution is -2.38. The van der Waals surface area contributed by atoms with Crippen molar-refractivity contribution in [1.29, 1.82) is 0 Å². The van der Waals surface area contributed by atoms with Gasteiger partial charge in [-0.25, -0.2) is 9.98 Å². The number of rotatable bonds is 6. The molecule has 8 heteroatoms. The summed E-state index contributed by atoms with van der Waals surface area (Å²) in [5, 5.41) is 3.45. The molecule has 1 fully saturated rings. The van der Waals surface area contributed by atoms with Gasteiger partial charge in [-0.15, -0.1) is 0 Å². The van der Waals surface area contributed by atoms with E-state index in [9.17, 15) is 4.79 Å². The smallest absolute Gasteiger partial charge is 0.249 e. The zero-order valence-corrected chi connectivity index (χ0v) is 16.9. The minimum absolute atomic E-state index is 0.0432. The highest BCUT2D eigenvalue weighted by atomic mass is 35.5. The van der Waals surface area contributed by atoms with Crippen LogP contribution in [-0.2, 0) is 24.3 Å². The molecule has 30 heavy (non-hydrogen) atoms. The van der Waals surface area contributed by atoms with Crippen molar-refractivity contribution in [2.75, 3.05) is 6.61 Å². The van der Waals surface area contributed by atoms with E-state index in [0.717, 1.165) is 16.8 Å². The van der Waals surface area contributed by atoms with Gasteiger partial charge in [-0.05, 0) is 17.7 Å². The van der Waals surface area contributed by atoms with Gasteiger partial charge < -0.3 is 14.2 Å². The van der Waals surface area contributed by atoms with Crippen molar-refractivity contribution < 1.29 is 9.53 Å². The fraction of sp³-hybridized carbons (Fsp3) is 0.227. The lowest BCUT2D eigenvalue weighted by Gasteiger charge is -2.29. The Kier molecular flexibility index (Phi) is 4.88. The molecule has 1 saturated heterocycles. The van der Waals surface area contributed by atoms with E-state index in [2.05, 4.69) is 15.3 Å². The monoisotopic (exact) mass is 421 g/mol. The van der Waals surface area contributed by atoms with Gasteiger partial charge in [0.2, 0.25) is 11.9 Å². The van der Waals surface area contributed by atoms with Gasteiger partial charge in [0.05, 0.1) is 30.1 Å². The van der Waals surface area contributed by atoms with Crippen LogP contribution in [-0.4, -0.2) is 39.0 Å². The maximum Gasteiger partial charge on any atom is 0.249 e. The van der Waals surface area contributed by atoms with Crippen LogP contribution in [0.5, 0.6) is 5.75 Å². The number of guanidine groups is 1. The molecule has 2 aliphatic heterocycles. The van der Waals surface area contributed by atoms with Crippen LogP contribution in [0.4, 0.5) is 5.69 Å². The predicted molar refractivity (Wildman–Crippen MR) is 114 cm³/mol. The van der Waals surface area contributed by atoms with Gasteiger partial charge in [-0.2, -0.15) is 0 Å². The Labute approximate surface area is 179 Å². The summed E-state index contributed by atoms with van der Waals surface area (Å²) in [6.07, 6.45) is 5.98. The summed E-state index contributed by atoms with van der Waals surface area (Å²) in [6.45, 7) is 1.66. The normalized spacial score (nSPS) is 17.2. The summed E-state index contributed by atoms with van der Waals surface area (Å²) in [6, 6.07) is 13.4. The average molecular weight is 422 g/mol. The number of aromatic nitrogens is 2. The van der Waals surface area contributed by atoms with Crippen LogP contribution in [0.2, 0.25) is 5.02 Å². The third-order valence-electron chi connectivity index (χ3n) is 5.36. The van der Waals surface area contributed by atoms with Crippen molar-refractivity contribution in [3.8, 4) is 5.75 Å². The Morgan fingerprint density at radius 2 is 2.07 bits per heavy atom. The number of carbonyl (C=O) groups is 1. The van der Waals surface area contributed by atoms with E-state index in [-0.39, 0.29) is 11.9 Å². The van der Waals surface area contributed by atoms with Crippen LogP contribution in [0.25, 0.3) is 0 Å². The largest absolute Gasteiger partial charge is 0.490 e. The van der Waals surface area contributed by atoms with E-state index >= 15 is 0 Å². The topological polar surface area (TPSA) is 71.7 Å². The number of hydrogen-bond donors (Lipinski definition) is 1. The number of nitrogens with zero attached hydrogens (tertiary/aromatic N) is 4. The summed E-state index contributed by atoms with van der Waals surface area (Å²) in [7, 11) is 0. The number of imidazole rings is 1. The van der Waals surface area contributed by atoms with Crippen LogP contribution in [0, 0.1) is 0 Å². The molecule has 1 N–H and O–H groups in total. The first-order valence-corrected chi connectivity index (χ1v) is 10.2. The van der Waals surface area contributed by atoms with Crippen molar-refractivity contribution in [3.05, 3.63) is 77.3 Å². The van der Waals surface area contributed by atoms with Crippen molar-refractivity contribution in [2.45, 2.75) is 25.6 Å². The first-order valence-electron chi connectivity index (χ1n) is 9.79. The van der Waals surface area contributed by atoms with Gasteiger partial charge in [-0.3, -0.25) is 10.1 Å². The number of aliphatic imine (C=N–C) groups is 1. The molecule has 0 aliphatic carbocycles. The summed E-state index contributed by atoms with van der Waals surface area (Å²) in [4.78, 5) is 23.2. The Hall–Kier alpha value is -3.32. The molecule has 0 bridgehead atoms. The molecule has 152 valence electrons. The standard InChI is InChI=1S/C22H20ClN5O2/c23-20-16-13-28-18(12-15-4-2-1-3-5-15)21(29)26-22(28)25-17(16)6-7-19(20)30-11-10-27-9-8-24-14-27/h1-9,14,18H,10-13H2,(H,25,26,29). The highest BCUT2D eigenvalue weighted by molar-refractivity contribution is 6.33. The maximum atomic E-state index is 12.6. The molecule has 0 radical (unpaired) electrons. The van der Waals surface area contributed by atoms with Crippen LogP contribution in [0.1, 0.15) is 11.1 Å². The fourth-order valence-corrected chi connectivity index (χ4v) is 4.07. The summed E-state index contributed by atoms with van der Waals surface area (Å²) < 4.78 is 7.84. The van der Waals surface area contributed by atoms with Crippen molar-refractivity contribution >= 4 is 29.2 Å². The van der Waals surface area contributed by atoms with Gasteiger partial charge >= 0.3 is 0 Å². The van der Waals surface area contributed by atoms with Gasteiger partial charge in [-0.1, -0.05) is 41.9 Å². The van der Waals surface area contributed by atoms with Crippen LogP contribution < -0.4 is 10.1 Å². The van der Waals surface area contributed by atoms with Gasteiger partial charge in [0, 0.05) is 24.4 Å². The number of ether oxygens (including phenoxy) is 1. The van der Waals surface area contributed by atoms with E-state index < -0.39 is 0 Å². The number of carbonyl (C=O) groups excluding carboxylic acids is 1. The van der Waals surface area contributed by atoms with Gasteiger partial charge in [0.25, 0.3) is 0 Å². The summed E-state index contributed by atoms with van der Waals surface area (Å²) in [5.41, 5.74) is 2.73. The third-order valence-corrected chi connectivity index (χ3v) is 5.78. The lowest BCUT2D eigenvalue weighted by atomic mass is 10.0. The number of halogens is 1. The minimum Gasteiger partial charge on any atom is -0.490 e. The van der Waals surface area contributed by atoms with E-state index in [0.29, 0.717) is 42.8 Å². The predicted octanol–water partition coefficient (Wildman–Crippen LogP) is 3.16. The highest BCUT2D eigenvalue weighted by Gasteiger charge is 2.39. The molecular formula is C22H20ClN5O2. The number of fused-ring (bicyclic) bond motifs is 2. The summed E-state index contributed by atoms with van der Waals surface area (Å²) >= 11 is 6.68. The van der Waals surface area contributed by atoms with E-state index in [4.69, 9.17) is 16.3 Å². The first kappa shape index (κ1) is 18.7. The zero-order chi connectivity index (χ0) is 20.5. The zero-order valence-electron chi connectivity index (χ0n) is 16.2. The number of nitrogens with one attached hydrogen (secondary N) is 1. The molecular weight excluding hydrogens is 402 g/mol. The highest BCUT2D eigenvalue weighted by Crippen LogP contribution is 2.39. The SMILES string of the molecule is O=C1NC2=Nc3ccc(OCCn4ccnc4)c(Cl)c3CN2C1Cc1ccccc1. The van der Waals surface area contributed by atoms with E-state index in [1.807, 2.05) is 58.1 Å². The van der Waals surface area contributed by atoms with Crippen molar-refractivity contribution in [2.24, 2.45) is 4.99 Å². The Morgan fingerprint density at radius 1 is 1.20 bits per heavy atom. The summed E-state index contributed by atoms with van der Waals surface area (Å²) in [5.74, 6) is 1.16. The van der Waals surface area contributed by atoms with Crippen LogP contribution >= 0.6 is 11.6 Å². The van der Waals surface area contributed by atoms with Crippen molar-refractivity contribution in [1.82, 2.24) is 19.8 Å². The molecule has 3 aromatic rings. The Balaban J connectivity index is 1.35. The van der Waals surface area contributed by atoms with E-state index in [1.165, 1.54) is 0 Å². The molecule has 1 atom stereocenters. The molecule has 3 heterocycles. The van der Waals surface area contributed by atoms with Gasteiger partial charge in [0.15, 0.2) is 0 Å². The van der Waals surface area contributed by atoms with Crippen molar-refractivity contribution in [3.63, 3.8) is 0 Å². The Morgan fingerprint density at radius 3 is 2.87 bits per heavy atom. The molecule has 1 amide bonds. The molecule has 2 aromatic carbocycles. The minimum atomic E-state index is -0.318. The van der Waals surface area contributed by atoms with Crippen LogP contribution in [0.15, 0.2) is 66.2 Å². The number of amides is 1. The van der Waals surface area contributed by atoms with E-state index in [1.54, 1.807) is 12.5 Å².